The van der Waals surface area contributed by atoms with Gasteiger partial charge in [0.2, 0.25) is 6.79 Å². The zero-order chi connectivity index (χ0) is 18.4. The third-order valence-electron chi connectivity index (χ3n) is 3.77. The van der Waals surface area contributed by atoms with Gasteiger partial charge in [-0.05, 0) is 61.7 Å². The molecular weight excluding hydrogens is 356 g/mol. The highest BCUT2D eigenvalue weighted by atomic mass is 35.5. The zero-order valence-corrected chi connectivity index (χ0v) is 15.1. The Balaban J connectivity index is 1.41. The van der Waals surface area contributed by atoms with Crippen molar-refractivity contribution in [2.75, 3.05) is 13.4 Å². The molecule has 3 rings (SSSR count). The quantitative estimate of drug-likeness (QED) is 0.594. The van der Waals surface area contributed by atoms with E-state index < -0.39 is 0 Å². The fourth-order valence-electron chi connectivity index (χ4n) is 2.35. The maximum atomic E-state index is 11.8. The van der Waals surface area contributed by atoms with Crippen LogP contribution in [0.15, 0.2) is 47.6 Å². The second-order valence-electron chi connectivity index (χ2n) is 5.81. The lowest BCUT2D eigenvalue weighted by Gasteiger charge is -2.06. The second-order valence-corrected chi connectivity index (χ2v) is 6.25. The summed E-state index contributed by atoms with van der Waals surface area (Å²) in [7, 11) is 0. The van der Waals surface area contributed by atoms with Gasteiger partial charge in [-0.15, -0.1) is 0 Å². The smallest absolute Gasteiger partial charge is 0.277 e. The van der Waals surface area contributed by atoms with E-state index in [9.17, 15) is 4.79 Å². The van der Waals surface area contributed by atoms with Crippen molar-refractivity contribution in [3.8, 4) is 17.2 Å². The minimum absolute atomic E-state index is 0.111. The normalized spacial score (nSPS) is 12.8. The average molecular weight is 375 g/mol. The van der Waals surface area contributed by atoms with Crippen LogP contribution in [-0.4, -0.2) is 25.0 Å². The lowest BCUT2D eigenvalue weighted by molar-refractivity contribution is -0.123. The molecule has 1 heterocycles. The standard InChI is InChI=1S/C19H19ClN2O4/c1-13(2-3-14-4-9-17-18(10-14)26-12-25-17)21-22-19(23)11-24-16-7-5-15(20)6-8-16/h4-10H,2-3,11-12H2,1H3,(H,22,23)/b21-13+. The first-order chi connectivity index (χ1) is 12.6. The van der Waals surface area contributed by atoms with Gasteiger partial charge in [0.05, 0.1) is 0 Å². The molecule has 1 aliphatic rings. The molecule has 2 aromatic rings. The van der Waals surface area contributed by atoms with Gasteiger partial charge in [0, 0.05) is 10.7 Å². The monoisotopic (exact) mass is 374 g/mol. The second kappa shape index (κ2) is 8.58. The number of carbonyl (C=O) groups is 1. The van der Waals surface area contributed by atoms with Crippen LogP contribution in [0.2, 0.25) is 5.02 Å². The van der Waals surface area contributed by atoms with Crippen LogP contribution in [0.5, 0.6) is 17.2 Å². The molecule has 0 saturated heterocycles. The maximum absolute atomic E-state index is 11.8. The topological polar surface area (TPSA) is 69.2 Å². The van der Waals surface area contributed by atoms with Crippen molar-refractivity contribution in [3.05, 3.63) is 53.1 Å². The number of carbonyl (C=O) groups excluding carboxylic acids is 1. The van der Waals surface area contributed by atoms with Crippen LogP contribution < -0.4 is 19.6 Å². The average Bonchev–Trinajstić information content (AvgIpc) is 3.12. The first-order valence-corrected chi connectivity index (χ1v) is 8.57. The first-order valence-electron chi connectivity index (χ1n) is 8.19. The molecule has 2 aromatic carbocycles. The largest absolute Gasteiger partial charge is 0.484 e. The molecule has 0 aromatic heterocycles. The summed E-state index contributed by atoms with van der Waals surface area (Å²) in [6, 6.07) is 12.7. The van der Waals surface area contributed by atoms with Gasteiger partial charge in [-0.1, -0.05) is 17.7 Å². The van der Waals surface area contributed by atoms with E-state index in [1.54, 1.807) is 24.3 Å². The van der Waals surface area contributed by atoms with Crippen molar-refractivity contribution in [2.45, 2.75) is 19.8 Å². The Morgan fingerprint density at radius 1 is 1.19 bits per heavy atom. The number of halogens is 1. The van der Waals surface area contributed by atoms with E-state index in [4.69, 9.17) is 25.8 Å². The molecule has 136 valence electrons. The van der Waals surface area contributed by atoms with Crippen molar-refractivity contribution >= 4 is 23.2 Å². The summed E-state index contributed by atoms with van der Waals surface area (Å²) in [5.41, 5.74) is 4.44. The van der Waals surface area contributed by atoms with Crippen LogP contribution in [0.3, 0.4) is 0 Å². The van der Waals surface area contributed by atoms with Crippen molar-refractivity contribution in [3.63, 3.8) is 0 Å². The molecular formula is C19H19ClN2O4. The highest BCUT2D eigenvalue weighted by Crippen LogP contribution is 2.32. The predicted octanol–water partition coefficient (Wildman–Crippen LogP) is 3.57. The van der Waals surface area contributed by atoms with E-state index in [0.717, 1.165) is 35.6 Å². The molecule has 1 N–H and O–H groups in total. The van der Waals surface area contributed by atoms with Crippen LogP contribution >= 0.6 is 11.6 Å². The minimum atomic E-state index is -0.317. The Bertz CT molecular complexity index is 806. The van der Waals surface area contributed by atoms with E-state index in [1.807, 2.05) is 25.1 Å². The third-order valence-corrected chi connectivity index (χ3v) is 4.02. The molecule has 0 bridgehead atoms. The van der Waals surface area contributed by atoms with Crippen molar-refractivity contribution in [1.82, 2.24) is 5.43 Å². The van der Waals surface area contributed by atoms with E-state index in [0.29, 0.717) is 10.8 Å². The summed E-state index contributed by atoms with van der Waals surface area (Å²) < 4.78 is 16.0. The highest BCUT2D eigenvalue weighted by molar-refractivity contribution is 6.30. The third kappa shape index (κ3) is 5.13. The first kappa shape index (κ1) is 18.1. The van der Waals surface area contributed by atoms with E-state index in [1.165, 1.54) is 0 Å². The Labute approximate surface area is 156 Å². The molecule has 0 spiro atoms. The van der Waals surface area contributed by atoms with Gasteiger partial charge in [-0.25, -0.2) is 5.43 Å². The Kier molecular flexibility index (Phi) is 5.96. The van der Waals surface area contributed by atoms with Crippen molar-refractivity contribution < 1.29 is 19.0 Å². The van der Waals surface area contributed by atoms with Crippen LogP contribution in [0.4, 0.5) is 0 Å². The van der Waals surface area contributed by atoms with Gasteiger partial charge in [-0.3, -0.25) is 4.79 Å². The summed E-state index contributed by atoms with van der Waals surface area (Å²) in [5, 5.41) is 4.71. The van der Waals surface area contributed by atoms with Crippen molar-refractivity contribution in [1.29, 1.82) is 0 Å². The van der Waals surface area contributed by atoms with Crippen LogP contribution in [0, 0.1) is 0 Å². The van der Waals surface area contributed by atoms with E-state index in [2.05, 4.69) is 10.5 Å². The molecule has 0 aliphatic carbocycles. The molecule has 0 radical (unpaired) electrons. The van der Waals surface area contributed by atoms with Crippen LogP contribution in [-0.2, 0) is 11.2 Å². The minimum Gasteiger partial charge on any atom is -0.484 e. The summed E-state index contributed by atoms with van der Waals surface area (Å²) in [6.45, 7) is 2.03. The van der Waals surface area contributed by atoms with Crippen molar-refractivity contribution in [2.24, 2.45) is 5.10 Å². The summed E-state index contributed by atoms with van der Waals surface area (Å²) in [5.74, 6) is 1.80. The predicted molar refractivity (Wildman–Crippen MR) is 99.1 cm³/mol. The number of benzene rings is 2. The summed E-state index contributed by atoms with van der Waals surface area (Å²) >= 11 is 5.79. The van der Waals surface area contributed by atoms with Gasteiger partial charge in [-0.2, -0.15) is 5.10 Å². The fourth-order valence-corrected chi connectivity index (χ4v) is 2.47. The Morgan fingerprint density at radius 3 is 2.77 bits per heavy atom. The summed E-state index contributed by atoms with van der Waals surface area (Å²) in [4.78, 5) is 11.8. The molecule has 0 atom stereocenters. The number of aryl methyl sites for hydroxylation is 1. The van der Waals surface area contributed by atoms with Crippen LogP contribution in [0.25, 0.3) is 0 Å². The highest BCUT2D eigenvalue weighted by Gasteiger charge is 2.13. The lowest BCUT2D eigenvalue weighted by atomic mass is 10.1. The van der Waals surface area contributed by atoms with Gasteiger partial charge in [0.25, 0.3) is 5.91 Å². The molecule has 0 saturated carbocycles. The molecule has 6 nitrogen and oxygen atoms in total. The van der Waals surface area contributed by atoms with Gasteiger partial charge < -0.3 is 14.2 Å². The number of hydrogen-bond acceptors (Lipinski definition) is 5. The number of ether oxygens (including phenoxy) is 3. The molecule has 0 unspecified atom stereocenters. The van der Waals surface area contributed by atoms with Gasteiger partial charge in [0.15, 0.2) is 18.1 Å². The number of nitrogens with one attached hydrogen (secondary N) is 1. The number of amides is 1. The molecule has 1 aliphatic heterocycles. The molecule has 7 heteroatoms. The fraction of sp³-hybridized carbons (Fsp3) is 0.263. The molecule has 0 fully saturated rings. The molecule has 26 heavy (non-hydrogen) atoms. The number of hydrazone groups is 1. The SMILES string of the molecule is C/C(CCc1ccc2c(c1)OCO2)=N\NC(=O)COc1ccc(Cl)cc1. The van der Waals surface area contributed by atoms with Gasteiger partial charge >= 0.3 is 0 Å². The summed E-state index contributed by atoms with van der Waals surface area (Å²) in [6.07, 6.45) is 1.51. The number of fused-ring (bicyclic) bond motifs is 1. The number of hydrogen-bond donors (Lipinski definition) is 1. The number of nitrogens with zero attached hydrogens (tertiary/aromatic N) is 1. The lowest BCUT2D eigenvalue weighted by Crippen LogP contribution is -2.25. The number of rotatable bonds is 7. The maximum Gasteiger partial charge on any atom is 0.277 e. The molecule has 1 amide bonds. The van der Waals surface area contributed by atoms with Gasteiger partial charge in [0.1, 0.15) is 5.75 Å². The van der Waals surface area contributed by atoms with E-state index >= 15 is 0 Å². The Morgan fingerprint density at radius 2 is 1.96 bits per heavy atom. The van der Waals surface area contributed by atoms with E-state index in [-0.39, 0.29) is 19.3 Å². The Hall–Kier alpha value is -2.73. The zero-order valence-electron chi connectivity index (χ0n) is 14.3. The van der Waals surface area contributed by atoms with Crippen LogP contribution in [0.1, 0.15) is 18.9 Å².